The van der Waals surface area contributed by atoms with E-state index < -0.39 is 6.04 Å². The Hall–Kier alpha value is -2.61. The minimum absolute atomic E-state index is 0.195. The Labute approximate surface area is 143 Å². The number of H-pyrrole nitrogens is 1. The topological polar surface area (TPSA) is 91.4 Å². The largest absolute Gasteiger partial charge is 0.486 e. The second-order valence-electron chi connectivity index (χ2n) is 5.46. The number of aromatic nitrogens is 3. The van der Waals surface area contributed by atoms with Gasteiger partial charge in [0.05, 0.1) is 0 Å². The second kappa shape index (κ2) is 6.48. The summed E-state index contributed by atoms with van der Waals surface area (Å²) in [5.41, 5.74) is 0. The van der Waals surface area contributed by atoms with Crippen LogP contribution in [0.5, 0.6) is 5.75 Å². The summed E-state index contributed by atoms with van der Waals surface area (Å²) >= 11 is 5.89. The Kier molecular flexibility index (Phi) is 4.39. The van der Waals surface area contributed by atoms with Gasteiger partial charge in [0.25, 0.3) is 5.91 Å². The number of rotatable bonds is 5. The Bertz CT molecular complexity index is 778. The summed E-state index contributed by atoms with van der Waals surface area (Å²) in [6.45, 7) is 0.195. The fourth-order valence-electron chi connectivity index (χ4n) is 2.45. The van der Waals surface area contributed by atoms with Crippen LogP contribution < -0.4 is 4.74 Å². The number of nitrogens with zero attached hydrogens (tertiary/aromatic N) is 4. The number of hydrogen-bond donors (Lipinski definition) is 1. The smallest absolute Gasteiger partial charge is 0.326 e. The van der Waals surface area contributed by atoms with E-state index in [1.165, 1.54) is 11.9 Å². The Morgan fingerprint density at radius 1 is 1.33 bits per heavy atom. The van der Waals surface area contributed by atoms with Crippen molar-refractivity contribution < 1.29 is 14.3 Å². The lowest BCUT2D eigenvalue weighted by Crippen LogP contribution is -2.33. The molecule has 1 atom stereocenters. The zero-order valence-electron chi connectivity index (χ0n) is 13.2. The van der Waals surface area contributed by atoms with E-state index in [9.17, 15) is 9.59 Å². The normalized spacial score (nSPS) is 17.7. The Morgan fingerprint density at radius 2 is 2.12 bits per heavy atom. The van der Waals surface area contributed by atoms with Gasteiger partial charge in [0.15, 0.2) is 11.6 Å². The first-order valence-electron chi connectivity index (χ1n) is 7.28. The van der Waals surface area contributed by atoms with Gasteiger partial charge in [0.1, 0.15) is 18.4 Å². The number of urea groups is 1. The predicted molar refractivity (Wildman–Crippen MR) is 85.6 cm³/mol. The number of imide groups is 1. The molecular weight excluding hydrogens is 334 g/mol. The highest BCUT2D eigenvalue weighted by Crippen LogP contribution is 2.19. The standard InChI is InChI=1S/C15H16ClN5O3/c1-20-11(14(22)21(2)15(20)23)7-12-17-13(19-18-12)8-24-10-5-3-4-9(16)6-10/h3-6,11H,7-8H2,1-2H3,(H,17,18,19). The minimum atomic E-state index is -0.583. The number of hydrogen-bond acceptors (Lipinski definition) is 5. The van der Waals surface area contributed by atoms with Crippen LogP contribution in [-0.4, -0.2) is 57.1 Å². The van der Waals surface area contributed by atoms with Crippen molar-refractivity contribution in [1.29, 1.82) is 0 Å². The molecule has 0 saturated carbocycles. The van der Waals surface area contributed by atoms with E-state index in [1.54, 1.807) is 31.3 Å². The molecule has 126 valence electrons. The van der Waals surface area contributed by atoms with Gasteiger partial charge < -0.3 is 9.64 Å². The van der Waals surface area contributed by atoms with Crippen LogP contribution in [0.4, 0.5) is 4.79 Å². The zero-order valence-corrected chi connectivity index (χ0v) is 13.9. The van der Waals surface area contributed by atoms with Crippen molar-refractivity contribution in [2.45, 2.75) is 19.1 Å². The van der Waals surface area contributed by atoms with E-state index in [1.807, 2.05) is 0 Å². The average Bonchev–Trinajstić information content (AvgIpc) is 3.09. The number of halogens is 1. The fourth-order valence-corrected chi connectivity index (χ4v) is 2.63. The van der Waals surface area contributed by atoms with Crippen molar-refractivity contribution in [1.82, 2.24) is 25.0 Å². The third-order valence-corrected chi connectivity index (χ3v) is 4.03. The monoisotopic (exact) mass is 349 g/mol. The highest BCUT2D eigenvalue weighted by atomic mass is 35.5. The summed E-state index contributed by atoms with van der Waals surface area (Å²) in [5.74, 6) is 1.34. The van der Waals surface area contributed by atoms with Crippen molar-refractivity contribution in [3.8, 4) is 5.75 Å². The highest BCUT2D eigenvalue weighted by Gasteiger charge is 2.41. The van der Waals surface area contributed by atoms with E-state index >= 15 is 0 Å². The molecule has 1 aromatic heterocycles. The van der Waals surface area contributed by atoms with Gasteiger partial charge in [-0.1, -0.05) is 17.7 Å². The molecule has 1 saturated heterocycles. The molecule has 2 aromatic rings. The SMILES string of the molecule is CN1C(=O)C(Cc2n[nH]c(COc3cccc(Cl)c3)n2)N(C)C1=O. The molecule has 0 aliphatic carbocycles. The van der Waals surface area contributed by atoms with E-state index in [0.717, 1.165) is 4.90 Å². The lowest BCUT2D eigenvalue weighted by atomic mass is 10.2. The molecule has 3 amide bonds. The molecule has 8 nitrogen and oxygen atoms in total. The van der Waals surface area contributed by atoms with Crippen LogP contribution in [0.25, 0.3) is 0 Å². The van der Waals surface area contributed by atoms with Crippen LogP contribution in [0.2, 0.25) is 5.02 Å². The van der Waals surface area contributed by atoms with E-state index in [-0.39, 0.29) is 25.0 Å². The summed E-state index contributed by atoms with van der Waals surface area (Å²) < 4.78 is 5.57. The van der Waals surface area contributed by atoms with Crippen molar-refractivity contribution in [2.24, 2.45) is 0 Å². The highest BCUT2D eigenvalue weighted by molar-refractivity contribution is 6.30. The number of nitrogens with one attached hydrogen (secondary N) is 1. The number of amides is 3. The molecule has 0 spiro atoms. The second-order valence-corrected chi connectivity index (χ2v) is 5.89. The zero-order chi connectivity index (χ0) is 17.3. The average molecular weight is 350 g/mol. The first-order valence-corrected chi connectivity index (χ1v) is 7.66. The van der Waals surface area contributed by atoms with E-state index in [0.29, 0.717) is 22.4 Å². The van der Waals surface area contributed by atoms with Gasteiger partial charge in [-0.25, -0.2) is 9.78 Å². The fraction of sp³-hybridized carbons (Fsp3) is 0.333. The lowest BCUT2D eigenvalue weighted by molar-refractivity contribution is -0.127. The number of benzene rings is 1. The Morgan fingerprint density at radius 3 is 2.79 bits per heavy atom. The number of carbonyl (C=O) groups is 2. The molecule has 1 fully saturated rings. The molecule has 24 heavy (non-hydrogen) atoms. The van der Waals surface area contributed by atoms with Crippen LogP contribution in [0, 0.1) is 0 Å². The van der Waals surface area contributed by atoms with Crippen molar-refractivity contribution in [3.05, 3.63) is 40.9 Å². The first kappa shape index (κ1) is 16.3. The van der Waals surface area contributed by atoms with Crippen LogP contribution in [0.1, 0.15) is 11.6 Å². The van der Waals surface area contributed by atoms with E-state index in [2.05, 4.69) is 15.2 Å². The van der Waals surface area contributed by atoms with Gasteiger partial charge >= 0.3 is 6.03 Å². The predicted octanol–water partition coefficient (Wildman–Crippen LogP) is 1.47. The first-order chi connectivity index (χ1) is 11.5. The molecule has 3 rings (SSSR count). The van der Waals surface area contributed by atoms with Crippen LogP contribution in [-0.2, 0) is 17.8 Å². The van der Waals surface area contributed by atoms with Gasteiger partial charge in [-0.2, -0.15) is 5.10 Å². The van der Waals surface area contributed by atoms with Crippen molar-refractivity contribution in [3.63, 3.8) is 0 Å². The number of carbonyl (C=O) groups excluding carboxylic acids is 2. The summed E-state index contributed by atoms with van der Waals surface area (Å²) in [7, 11) is 3.05. The van der Waals surface area contributed by atoms with Gasteiger partial charge in [0, 0.05) is 25.5 Å². The number of likely N-dealkylation sites (N-methyl/N-ethyl adjacent to an activating group) is 2. The maximum atomic E-state index is 12.0. The molecule has 0 radical (unpaired) electrons. The van der Waals surface area contributed by atoms with Gasteiger partial charge in [-0.05, 0) is 18.2 Å². The molecule has 1 aromatic carbocycles. The molecule has 9 heteroatoms. The maximum Gasteiger partial charge on any atom is 0.326 e. The van der Waals surface area contributed by atoms with Crippen LogP contribution in [0.15, 0.2) is 24.3 Å². The van der Waals surface area contributed by atoms with Gasteiger partial charge in [-0.3, -0.25) is 14.8 Å². The van der Waals surface area contributed by atoms with Crippen molar-refractivity contribution in [2.75, 3.05) is 14.1 Å². The lowest BCUT2D eigenvalue weighted by Gasteiger charge is -2.13. The van der Waals surface area contributed by atoms with E-state index in [4.69, 9.17) is 16.3 Å². The maximum absolute atomic E-state index is 12.0. The summed E-state index contributed by atoms with van der Waals surface area (Å²) in [4.78, 5) is 30.6. The molecular formula is C15H16ClN5O3. The number of aromatic amines is 1. The molecule has 1 unspecified atom stereocenters. The molecule has 1 aliphatic rings. The molecule has 0 bridgehead atoms. The molecule has 1 N–H and O–H groups in total. The quantitative estimate of drug-likeness (QED) is 0.825. The Balaban J connectivity index is 1.62. The van der Waals surface area contributed by atoms with Crippen LogP contribution in [0.3, 0.4) is 0 Å². The van der Waals surface area contributed by atoms with Crippen molar-refractivity contribution >= 4 is 23.5 Å². The third-order valence-electron chi connectivity index (χ3n) is 3.80. The number of ether oxygens (including phenoxy) is 1. The summed E-state index contributed by atoms with van der Waals surface area (Å²) in [6.07, 6.45) is 0.249. The van der Waals surface area contributed by atoms with Crippen LogP contribution >= 0.6 is 11.6 Å². The molecule has 1 aliphatic heterocycles. The van der Waals surface area contributed by atoms with Gasteiger partial charge in [-0.15, -0.1) is 0 Å². The summed E-state index contributed by atoms with van der Waals surface area (Å²) in [6, 6.07) is 6.13. The third kappa shape index (κ3) is 3.18. The van der Waals surface area contributed by atoms with Gasteiger partial charge in [0.2, 0.25) is 0 Å². The summed E-state index contributed by atoms with van der Waals surface area (Å²) in [5, 5.41) is 7.43. The minimum Gasteiger partial charge on any atom is -0.486 e. The molecule has 2 heterocycles.